The maximum Gasteiger partial charge on any atom is 0.124 e. The largest absolute Gasteiger partial charge is 0.497 e. The second-order valence-electron chi connectivity index (χ2n) is 6.26. The number of rotatable bonds is 4. The molecule has 2 N–H and O–H groups in total. The fourth-order valence-corrected chi connectivity index (χ4v) is 3.41. The van der Waals surface area contributed by atoms with Gasteiger partial charge < -0.3 is 19.9 Å². The molecule has 0 spiro atoms. The second kappa shape index (κ2) is 6.24. The molecule has 0 bridgehead atoms. The average molecular weight is 291 g/mol. The number of hydrogen-bond donors (Lipinski definition) is 2. The van der Waals surface area contributed by atoms with Crippen LogP contribution in [0.4, 0.5) is 0 Å². The molecule has 1 aromatic rings. The van der Waals surface area contributed by atoms with Gasteiger partial charge in [-0.1, -0.05) is 19.3 Å². The summed E-state index contributed by atoms with van der Waals surface area (Å²) >= 11 is 0. The molecule has 1 aromatic carbocycles. The van der Waals surface area contributed by atoms with Gasteiger partial charge in [-0.2, -0.15) is 0 Å². The first-order valence-corrected chi connectivity index (χ1v) is 7.97. The SMILES string of the molecule is COc1ccc2c(c1)C(NCC1(O)CCCCC1)CCO2. The van der Waals surface area contributed by atoms with Crippen LogP contribution in [0.1, 0.15) is 50.1 Å². The molecule has 0 aromatic heterocycles. The molecule has 0 amide bonds. The van der Waals surface area contributed by atoms with E-state index in [-0.39, 0.29) is 6.04 Å². The fourth-order valence-electron chi connectivity index (χ4n) is 3.41. The molecule has 1 atom stereocenters. The molecule has 21 heavy (non-hydrogen) atoms. The first-order chi connectivity index (χ1) is 10.2. The number of methoxy groups -OCH3 is 1. The fraction of sp³-hybridized carbons (Fsp3) is 0.647. The van der Waals surface area contributed by atoms with Crippen molar-refractivity contribution in [1.82, 2.24) is 5.32 Å². The van der Waals surface area contributed by atoms with E-state index in [1.807, 2.05) is 18.2 Å². The lowest BCUT2D eigenvalue weighted by atomic mass is 9.84. The summed E-state index contributed by atoms with van der Waals surface area (Å²) in [5.74, 6) is 1.78. The van der Waals surface area contributed by atoms with E-state index >= 15 is 0 Å². The minimum Gasteiger partial charge on any atom is -0.497 e. The summed E-state index contributed by atoms with van der Waals surface area (Å²) < 4.78 is 11.0. The van der Waals surface area contributed by atoms with Gasteiger partial charge in [0, 0.05) is 24.6 Å². The number of ether oxygens (including phenoxy) is 2. The van der Waals surface area contributed by atoms with Crippen molar-refractivity contribution in [2.24, 2.45) is 0 Å². The minimum absolute atomic E-state index is 0.231. The molecule has 1 aliphatic carbocycles. The highest BCUT2D eigenvalue weighted by molar-refractivity contribution is 5.43. The monoisotopic (exact) mass is 291 g/mol. The zero-order valence-corrected chi connectivity index (χ0v) is 12.7. The van der Waals surface area contributed by atoms with Gasteiger partial charge in [-0.25, -0.2) is 0 Å². The van der Waals surface area contributed by atoms with Crippen molar-refractivity contribution in [1.29, 1.82) is 0 Å². The molecule has 1 aliphatic heterocycles. The molecule has 1 saturated carbocycles. The van der Waals surface area contributed by atoms with Crippen LogP contribution in [0.2, 0.25) is 0 Å². The molecular weight excluding hydrogens is 266 g/mol. The van der Waals surface area contributed by atoms with E-state index in [0.717, 1.165) is 55.8 Å². The Balaban J connectivity index is 1.69. The summed E-state index contributed by atoms with van der Waals surface area (Å²) in [5.41, 5.74) is 0.607. The van der Waals surface area contributed by atoms with Crippen LogP contribution in [-0.4, -0.2) is 31.0 Å². The molecule has 0 radical (unpaired) electrons. The van der Waals surface area contributed by atoms with Gasteiger partial charge in [0.2, 0.25) is 0 Å². The molecule has 1 heterocycles. The number of benzene rings is 1. The Kier molecular flexibility index (Phi) is 4.36. The Labute approximate surface area is 126 Å². The number of hydrogen-bond acceptors (Lipinski definition) is 4. The van der Waals surface area contributed by atoms with Gasteiger partial charge in [0.15, 0.2) is 0 Å². The molecule has 116 valence electrons. The van der Waals surface area contributed by atoms with Gasteiger partial charge in [0.05, 0.1) is 19.3 Å². The Morgan fingerprint density at radius 2 is 2.14 bits per heavy atom. The Morgan fingerprint density at radius 1 is 1.33 bits per heavy atom. The van der Waals surface area contributed by atoms with Gasteiger partial charge in [0.25, 0.3) is 0 Å². The molecule has 1 unspecified atom stereocenters. The number of fused-ring (bicyclic) bond motifs is 1. The predicted octanol–water partition coefficient (Wildman–Crippen LogP) is 2.80. The molecule has 3 rings (SSSR count). The highest BCUT2D eigenvalue weighted by Gasteiger charge is 2.31. The third-order valence-electron chi connectivity index (χ3n) is 4.72. The minimum atomic E-state index is -0.532. The van der Waals surface area contributed by atoms with Crippen LogP contribution >= 0.6 is 0 Å². The molecule has 0 saturated heterocycles. The summed E-state index contributed by atoms with van der Waals surface area (Å²) in [7, 11) is 1.68. The lowest BCUT2D eigenvalue weighted by Crippen LogP contribution is -2.44. The second-order valence-corrected chi connectivity index (χ2v) is 6.26. The van der Waals surface area contributed by atoms with Gasteiger partial charge >= 0.3 is 0 Å². The maximum absolute atomic E-state index is 10.6. The van der Waals surface area contributed by atoms with E-state index in [1.165, 1.54) is 6.42 Å². The van der Waals surface area contributed by atoms with Crippen molar-refractivity contribution < 1.29 is 14.6 Å². The van der Waals surface area contributed by atoms with E-state index in [4.69, 9.17) is 9.47 Å². The van der Waals surface area contributed by atoms with Crippen LogP contribution in [-0.2, 0) is 0 Å². The Bertz CT molecular complexity index is 483. The van der Waals surface area contributed by atoms with Crippen molar-refractivity contribution in [2.45, 2.75) is 50.2 Å². The van der Waals surface area contributed by atoms with Gasteiger partial charge in [-0.15, -0.1) is 0 Å². The highest BCUT2D eigenvalue weighted by Crippen LogP contribution is 2.35. The molecule has 4 heteroatoms. The van der Waals surface area contributed by atoms with Crippen LogP contribution < -0.4 is 14.8 Å². The van der Waals surface area contributed by atoms with E-state index in [2.05, 4.69) is 5.32 Å². The van der Waals surface area contributed by atoms with E-state index in [1.54, 1.807) is 7.11 Å². The van der Waals surface area contributed by atoms with Crippen LogP contribution in [0, 0.1) is 0 Å². The molecule has 4 nitrogen and oxygen atoms in total. The lowest BCUT2D eigenvalue weighted by molar-refractivity contribution is 0.00151. The average Bonchev–Trinajstić information content (AvgIpc) is 2.53. The topological polar surface area (TPSA) is 50.7 Å². The van der Waals surface area contributed by atoms with Gasteiger partial charge in [-0.3, -0.25) is 0 Å². The van der Waals surface area contributed by atoms with Crippen LogP contribution in [0.25, 0.3) is 0 Å². The summed E-state index contributed by atoms with van der Waals surface area (Å²) in [4.78, 5) is 0. The van der Waals surface area contributed by atoms with E-state index < -0.39 is 5.60 Å². The van der Waals surface area contributed by atoms with Crippen LogP contribution in [0.15, 0.2) is 18.2 Å². The van der Waals surface area contributed by atoms with Crippen molar-refractivity contribution in [3.8, 4) is 11.5 Å². The molecular formula is C17H25NO3. The summed E-state index contributed by atoms with van der Waals surface area (Å²) in [6, 6.07) is 6.17. The zero-order valence-electron chi connectivity index (χ0n) is 12.7. The summed E-state index contributed by atoms with van der Waals surface area (Å²) in [6.07, 6.45) is 6.27. The van der Waals surface area contributed by atoms with Crippen molar-refractivity contribution in [3.63, 3.8) is 0 Å². The summed E-state index contributed by atoms with van der Waals surface area (Å²) in [6.45, 7) is 1.38. The normalized spacial score (nSPS) is 24.0. The molecule has 2 aliphatic rings. The van der Waals surface area contributed by atoms with Gasteiger partial charge in [0.1, 0.15) is 11.5 Å². The van der Waals surface area contributed by atoms with E-state index in [0.29, 0.717) is 6.54 Å². The number of nitrogens with one attached hydrogen (secondary N) is 1. The zero-order chi connectivity index (χ0) is 14.7. The lowest BCUT2D eigenvalue weighted by Gasteiger charge is -2.35. The number of aliphatic hydroxyl groups is 1. The third-order valence-corrected chi connectivity index (χ3v) is 4.72. The van der Waals surface area contributed by atoms with Crippen molar-refractivity contribution in [3.05, 3.63) is 23.8 Å². The Hall–Kier alpha value is -1.26. The maximum atomic E-state index is 10.6. The van der Waals surface area contributed by atoms with Crippen LogP contribution in [0.5, 0.6) is 11.5 Å². The van der Waals surface area contributed by atoms with Crippen molar-refractivity contribution >= 4 is 0 Å². The van der Waals surface area contributed by atoms with Crippen molar-refractivity contribution in [2.75, 3.05) is 20.3 Å². The van der Waals surface area contributed by atoms with E-state index in [9.17, 15) is 5.11 Å². The van der Waals surface area contributed by atoms with Crippen LogP contribution in [0.3, 0.4) is 0 Å². The van der Waals surface area contributed by atoms with Gasteiger partial charge in [-0.05, 0) is 31.0 Å². The molecule has 1 fully saturated rings. The standard InChI is InChI=1S/C17H25NO3/c1-20-13-5-6-16-14(11-13)15(7-10-21-16)18-12-17(19)8-3-2-4-9-17/h5-6,11,15,18-19H,2-4,7-10,12H2,1H3. The Morgan fingerprint density at radius 3 is 2.90 bits per heavy atom. The first-order valence-electron chi connectivity index (χ1n) is 7.97. The smallest absolute Gasteiger partial charge is 0.124 e. The highest BCUT2D eigenvalue weighted by atomic mass is 16.5. The quantitative estimate of drug-likeness (QED) is 0.895. The predicted molar refractivity (Wildman–Crippen MR) is 81.9 cm³/mol. The first kappa shape index (κ1) is 14.7. The summed E-state index contributed by atoms with van der Waals surface area (Å²) in [5, 5.41) is 14.2. The third kappa shape index (κ3) is 3.33.